The van der Waals surface area contributed by atoms with Gasteiger partial charge in [0.1, 0.15) is 28.4 Å². The smallest absolute Gasteiger partial charge is 0.350 e. The molecule has 0 saturated heterocycles. The molecule has 0 aliphatic rings. The molecule has 4 aromatic heterocycles. The first-order chi connectivity index (χ1) is 12.2. The van der Waals surface area contributed by atoms with E-state index in [1.54, 1.807) is 22.7 Å². The standard InChI is InChI=1S/C17H12N2O3S3/c1-10-14(25-16(18-10)11-4-6-23-9-11)17(20)22-8-12-7-21-15(19-12)13-3-2-5-24-13/h2-7,9H,8H2,1H3. The number of thiophene rings is 2. The summed E-state index contributed by atoms with van der Waals surface area (Å²) >= 11 is 4.49. The predicted molar refractivity (Wildman–Crippen MR) is 99.1 cm³/mol. The van der Waals surface area contributed by atoms with Crippen LogP contribution in [-0.2, 0) is 11.3 Å². The summed E-state index contributed by atoms with van der Waals surface area (Å²) in [7, 11) is 0. The van der Waals surface area contributed by atoms with Crippen LogP contribution in [0.25, 0.3) is 21.3 Å². The average Bonchev–Trinajstić information content (AvgIpc) is 3.38. The van der Waals surface area contributed by atoms with Crippen molar-refractivity contribution in [2.75, 3.05) is 0 Å². The van der Waals surface area contributed by atoms with Gasteiger partial charge in [0.25, 0.3) is 0 Å². The van der Waals surface area contributed by atoms with Gasteiger partial charge in [-0.2, -0.15) is 11.3 Å². The van der Waals surface area contributed by atoms with Crippen molar-refractivity contribution in [1.82, 2.24) is 9.97 Å². The Morgan fingerprint density at radius 2 is 2.20 bits per heavy atom. The number of esters is 1. The monoisotopic (exact) mass is 388 g/mol. The maximum Gasteiger partial charge on any atom is 0.350 e. The maximum absolute atomic E-state index is 12.4. The van der Waals surface area contributed by atoms with E-state index in [-0.39, 0.29) is 6.61 Å². The fraction of sp³-hybridized carbons (Fsp3) is 0.118. The van der Waals surface area contributed by atoms with E-state index >= 15 is 0 Å². The molecule has 0 aliphatic heterocycles. The molecule has 0 amide bonds. The highest BCUT2D eigenvalue weighted by Crippen LogP contribution is 2.30. The van der Waals surface area contributed by atoms with Crippen molar-refractivity contribution in [3.8, 4) is 21.3 Å². The van der Waals surface area contributed by atoms with Crippen molar-refractivity contribution in [1.29, 1.82) is 0 Å². The van der Waals surface area contributed by atoms with Crippen LogP contribution in [0.1, 0.15) is 21.1 Å². The molecule has 0 aromatic carbocycles. The molecular formula is C17H12N2O3S3. The van der Waals surface area contributed by atoms with Gasteiger partial charge in [0.05, 0.1) is 10.6 Å². The van der Waals surface area contributed by atoms with Gasteiger partial charge in [0.15, 0.2) is 0 Å². The number of carbonyl (C=O) groups is 1. The van der Waals surface area contributed by atoms with Crippen molar-refractivity contribution in [3.05, 3.63) is 56.9 Å². The van der Waals surface area contributed by atoms with Crippen molar-refractivity contribution in [2.45, 2.75) is 13.5 Å². The minimum Gasteiger partial charge on any atom is -0.455 e. The van der Waals surface area contributed by atoms with Crippen molar-refractivity contribution < 1.29 is 13.9 Å². The van der Waals surface area contributed by atoms with E-state index in [9.17, 15) is 4.79 Å². The minimum absolute atomic E-state index is 0.0683. The van der Waals surface area contributed by atoms with Crippen LogP contribution < -0.4 is 0 Å². The molecule has 0 unspecified atom stereocenters. The van der Waals surface area contributed by atoms with Crippen molar-refractivity contribution >= 4 is 40.0 Å². The Hall–Kier alpha value is -2.29. The molecule has 0 bridgehead atoms. The zero-order valence-corrected chi connectivity index (χ0v) is 15.5. The lowest BCUT2D eigenvalue weighted by molar-refractivity contribution is 0.0472. The fourth-order valence-electron chi connectivity index (χ4n) is 2.19. The molecule has 0 aliphatic carbocycles. The third kappa shape index (κ3) is 3.41. The molecular weight excluding hydrogens is 376 g/mol. The maximum atomic E-state index is 12.4. The lowest BCUT2D eigenvalue weighted by atomic mass is 10.3. The average molecular weight is 388 g/mol. The Labute approximate surface area is 155 Å². The normalized spacial score (nSPS) is 10.9. The van der Waals surface area contributed by atoms with Crippen LogP contribution in [0.4, 0.5) is 0 Å². The lowest BCUT2D eigenvalue weighted by Gasteiger charge is -2.00. The highest BCUT2D eigenvalue weighted by atomic mass is 32.1. The summed E-state index contributed by atoms with van der Waals surface area (Å²) in [6, 6.07) is 5.85. The van der Waals surface area contributed by atoms with E-state index in [1.165, 1.54) is 17.6 Å². The van der Waals surface area contributed by atoms with E-state index in [0.717, 1.165) is 15.4 Å². The van der Waals surface area contributed by atoms with Crippen molar-refractivity contribution in [2.24, 2.45) is 0 Å². The molecule has 4 heterocycles. The van der Waals surface area contributed by atoms with E-state index in [4.69, 9.17) is 9.15 Å². The molecule has 0 radical (unpaired) electrons. The molecule has 0 fully saturated rings. The number of nitrogens with zero attached hydrogens (tertiary/aromatic N) is 2. The second kappa shape index (κ2) is 6.91. The van der Waals surface area contributed by atoms with Gasteiger partial charge >= 0.3 is 5.97 Å². The van der Waals surface area contributed by atoms with Crippen LogP contribution in [0.3, 0.4) is 0 Å². The largest absolute Gasteiger partial charge is 0.455 e. The second-order valence-corrected chi connectivity index (χ2v) is 7.87. The Balaban J connectivity index is 1.44. The van der Waals surface area contributed by atoms with Gasteiger partial charge in [-0.15, -0.1) is 22.7 Å². The van der Waals surface area contributed by atoms with Gasteiger partial charge in [-0.05, 0) is 29.8 Å². The molecule has 126 valence electrons. The van der Waals surface area contributed by atoms with Crippen LogP contribution in [0, 0.1) is 6.92 Å². The molecule has 4 rings (SSSR count). The predicted octanol–water partition coefficient (Wildman–Crippen LogP) is 5.25. The number of rotatable bonds is 5. The van der Waals surface area contributed by atoms with Gasteiger partial charge in [-0.1, -0.05) is 6.07 Å². The quantitative estimate of drug-likeness (QED) is 0.437. The van der Waals surface area contributed by atoms with Crippen LogP contribution in [0.15, 0.2) is 45.0 Å². The second-order valence-electron chi connectivity index (χ2n) is 5.14. The van der Waals surface area contributed by atoms with Gasteiger partial charge in [0, 0.05) is 10.9 Å². The highest BCUT2D eigenvalue weighted by molar-refractivity contribution is 7.17. The molecule has 0 N–H and O–H groups in total. The molecule has 0 saturated carbocycles. The van der Waals surface area contributed by atoms with Crippen LogP contribution in [0.2, 0.25) is 0 Å². The summed E-state index contributed by atoms with van der Waals surface area (Å²) in [4.78, 5) is 22.6. The van der Waals surface area contributed by atoms with Crippen LogP contribution >= 0.6 is 34.0 Å². The molecule has 4 aromatic rings. The van der Waals surface area contributed by atoms with E-state index in [2.05, 4.69) is 9.97 Å². The van der Waals surface area contributed by atoms with Crippen molar-refractivity contribution in [3.63, 3.8) is 0 Å². The minimum atomic E-state index is -0.392. The van der Waals surface area contributed by atoms with Gasteiger partial charge < -0.3 is 9.15 Å². The van der Waals surface area contributed by atoms with E-state index in [1.807, 2.05) is 41.3 Å². The summed E-state index contributed by atoms with van der Waals surface area (Å²) in [6.07, 6.45) is 1.51. The SMILES string of the molecule is Cc1nc(-c2ccsc2)sc1C(=O)OCc1coc(-c2cccs2)n1. The third-order valence-corrected chi connectivity index (χ3v) is 6.11. The first-order valence-electron chi connectivity index (χ1n) is 7.36. The first kappa shape index (κ1) is 16.2. The summed E-state index contributed by atoms with van der Waals surface area (Å²) in [5.41, 5.74) is 2.28. The molecule has 25 heavy (non-hydrogen) atoms. The van der Waals surface area contributed by atoms with Gasteiger partial charge in [-0.25, -0.2) is 14.8 Å². The zero-order chi connectivity index (χ0) is 17.2. The summed E-state index contributed by atoms with van der Waals surface area (Å²) in [5, 5.41) is 6.78. The highest BCUT2D eigenvalue weighted by Gasteiger charge is 2.18. The summed E-state index contributed by atoms with van der Waals surface area (Å²) in [5.74, 6) is 0.145. The number of hydrogen-bond donors (Lipinski definition) is 0. The Morgan fingerprint density at radius 3 is 2.96 bits per heavy atom. The zero-order valence-electron chi connectivity index (χ0n) is 13.1. The van der Waals surface area contributed by atoms with Gasteiger partial charge in [-0.3, -0.25) is 0 Å². The van der Waals surface area contributed by atoms with E-state index in [0.29, 0.717) is 22.2 Å². The number of thiazole rings is 1. The Kier molecular flexibility index (Phi) is 4.48. The first-order valence-corrected chi connectivity index (χ1v) is 10.00. The van der Waals surface area contributed by atoms with Gasteiger partial charge in [0.2, 0.25) is 5.89 Å². The topological polar surface area (TPSA) is 65.2 Å². The Bertz CT molecular complexity index is 985. The number of aryl methyl sites for hydroxylation is 1. The number of ether oxygens (including phenoxy) is 1. The molecule has 0 spiro atoms. The molecule has 8 heteroatoms. The summed E-state index contributed by atoms with van der Waals surface area (Å²) < 4.78 is 10.8. The number of hydrogen-bond acceptors (Lipinski definition) is 8. The van der Waals surface area contributed by atoms with E-state index < -0.39 is 5.97 Å². The molecule has 0 atom stereocenters. The number of oxazole rings is 1. The summed E-state index contributed by atoms with van der Waals surface area (Å²) in [6.45, 7) is 1.88. The third-order valence-electron chi connectivity index (χ3n) is 3.38. The fourth-order valence-corrected chi connectivity index (χ4v) is 4.51. The lowest BCUT2D eigenvalue weighted by Crippen LogP contribution is -2.05. The Morgan fingerprint density at radius 1 is 1.28 bits per heavy atom. The number of aromatic nitrogens is 2. The van der Waals surface area contributed by atoms with Crippen LogP contribution in [-0.4, -0.2) is 15.9 Å². The molecule has 5 nitrogen and oxygen atoms in total. The number of carbonyl (C=O) groups excluding carboxylic acids is 1. The van der Waals surface area contributed by atoms with Crippen LogP contribution in [0.5, 0.6) is 0 Å².